The predicted octanol–water partition coefficient (Wildman–Crippen LogP) is 1.54. The molecule has 1 saturated heterocycles. The Morgan fingerprint density at radius 3 is 2.71 bits per heavy atom. The Morgan fingerprint density at radius 2 is 2.18 bits per heavy atom. The van der Waals surface area contributed by atoms with Crippen LogP contribution in [0, 0.1) is 0 Å². The van der Waals surface area contributed by atoms with E-state index in [2.05, 4.69) is 15.9 Å². The number of alkyl halides is 1. The average Bonchev–Trinajstić information content (AvgIpc) is 2.64. The minimum absolute atomic E-state index is 0.0598. The molecule has 1 rings (SSSR count). The predicted molar refractivity (Wildman–Crippen MR) is 66.3 cm³/mol. The van der Waals surface area contributed by atoms with Crippen LogP contribution in [-0.2, 0) is 23.7 Å². The second-order valence-corrected chi connectivity index (χ2v) is 4.89. The molecular formula is C11H21BrO5. The van der Waals surface area contributed by atoms with Gasteiger partial charge in [-0.05, 0) is 13.8 Å². The third kappa shape index (κ3) is 5.63. The lowest BCUT2D eigenvalue weighted by atomic mass is 10.2. The fourth-order valence-corrected chi connectivity index (χ4v) is 2.09. The van der Waals surface area contributed by atoms with Gasteiger partial charge in [-0.1, -0.05) is 15.9 Å². The summed E-state index contributed by atoms with van der Waals surface area (Å²) in [6.45, 7) is 5.67. The van der Waals surface area contributed by atoms with Crippen LogP contribution >= 0.6 is 15.9 Å². The van der Waals surface area contributed by atoms with Crippen molar-refractivity contribution < 1.29 is 23.7 Å². The van der Waals surface area contributed by atoms with Crippen LogP contribution in [0.4, 0.5) is 0 Å². The molecule has 0 radical (unpaired) electrons. The van der Waals surface area contributed by atoms with Crippen LogP contribution in [-0.4, -0.2) is 57.0 Å². The van der Waals surface area contributed by atoms with Crippen molar-refractivity contribution >= 4 is 15.9 Å². The van der Waals surface area contributed by atoms with Crippen molar-refractivity contribution in [2.24, 2.45) is 0 Å². The van der Waals surface area contributed by atoms with Crippen LogP contribution < -0.4 is 0 Å². The summed E-state index contributed by atoms with van der Waals surface area (Å²) < 4.78 is 26.9. The van der Waals surface area contributed by atoms with Gasteiger partial charge in [0.15, 0.2) is 5.79 Å². The first-order chi connectivity index (χ1) is 8.09. The first-order valence-electron chi connectivity index (χ1n) is 5.65. The van der Waals surface area contributed by atoms with Gasteiger partial charge in [0.05, 0.1) is 25.9 Å². The summed E-state index contributed by atoms with van der Waals surface area (Å²) >= 11 is 3.41. The number of rotatable bonds is 8. The Morgan fingerprint density at radius 1 is 1.41 bits per heavy atom. The van der Waals surface area contributed by atoms with Gasteiger partial charge in [-0.3, -0.25) is 0 Å². The Kier molecular flexibility index (Phi) is 6.91. The second kappa shape index (κ2) is 7.66. The zero-order valence-corrected chi connectivity index (χ0v) is 12.2. The highest BCUT2D eigenvalue weighted by atomic mass is 79.9. The molecular weight excluding hydrogens is 292 g/mol. The van der Waals surface area contributed by atoms with E-state index in [1.54, 1.807) is 7.11 Å². The molecule has 2 unspecified atom stereocenters. The third-order valence-electron chi connectivity index (χ3n) is 2.39. The van der Waals surface area contributed by atoms with E-state index >= 15 is 0 Å². The number of halogens is 1. The zero-order valence-electron chi connectivity index (χ0n) is 10.6. The van der Waals surface area contributed by atoms with E-state index in [-0.39, 0.29) is 19.0 Å². The second-order valence-electron chi connectivity index (χ2n) is 4.25. The van der Waals surface area contributed by atoms with Gasteiger partial charge in [0.1, 0.15) is 12.9 Å². The molecule has 0 bridgehead atoms. The van der Waals surface area contributed by atoms with Gasteiger partial charge in [-0.25, -0.2) is 0 Å². The molecule has 1 aliphatic heterocycles. The minimum atomic E-state index is -0.522. The van der Waals surface area contributed by atoms with Crippen LogP contribution in [0.3, 0.4) is 0 Å². The number of hydrogen-bond acceptors (Lipinski definition) is 5. The summed E-state index contributed by atoms with van der Waals surface area (Å²) in [5.41, 5.74) is 0. The fraction of sp³-hybridized carbons (Fsp3) is 1.00. The van der Waals surface area contributed by atoms with E-state index in [9.17, 15) is 0 Å². The van der Waals surface area contributed by atoms with Crippen molar-refractivity contribution in [2.75, 3.05) is 39.1 Å². The fourth-order valence-electron chi connectivity index (χ4n) is 1.49. The summed E-state index contributed by atoms with van der Waals surface area (Å²) in [4.78, 5) is 0. The Bertz CT molecular complexity index is 212. The van der Waals surface area contributed by atoms with Crippen molar-refractivity contribution in [1.29, 1.82) is 0 Å². The van der Waals surface area contributed by atoms with Gasteiger partial charge in [0.25, 0.3) is 0 Å². The molecule has 1 fully saturated rings. The molecule has 1 aliphatic rings. The topological polar surface area (TPSA) is 46.2 Å². The summed E-state index contributed by atoms with van der Waals surface area (Å²) in [7, 11) is 1.64. The molecule has 0 aliphatic carbocycles. The van der Waals surface area contributed by atoms with Crippen molar-refractivity contribution in [2.45, 2.75) is 31.8 Å². The van der Waals surface area contributed by atoms with Crippen LogP contribution in [0.2, 0.25) is 0 Å². The average molecular weight is 313 g/mol. The normalized spacial score (nSPS) is 25.1. The van der Waals surface area contributed by atoms with E-state index in [1.807, 2.05) is 13.8 Å². The molecule has 0 saturated carbocycles. The lowest BCUT2D eigenvalue weighted by molar-refractivity contribution is -0.168. The smallest absolute Gasteiger partial charge is 0.163 e. The number of methoxy groups -OCH3 is 1. The molecule has 6 heteroatoms. The SMILES string of the molecule is COCCOCOC(CBr)C1COC(C)(C)O1. The Hall–Kier alpha value is 0.280. The molecule has 17 heavy (non-hydrogen) atoms. The first kappa shape index (κ1) is 15.3. The number of hydrogen-bond donors (Lipinski definition) is 0. The van der Waals surface area contributed by atoms with Gasteiger partial charge in [-0.2, -0.15) is 0 Å². The lowest BCUT2D eigenvalue weighted by Crippen LogP contribution is -2.35. The van der Waals surface area contributed by atoms with E-state index in [0.717, 1.165) is 0 Å². The molecule has 1 heterocycles. The largest absolute Gasteiger partial charge is 0.382 e. The molecule has 5 nitrogen and oxygen atoms in total. The molecule has 0 aromatic carbocycles. The molecule has 0 aromatic heterocycles. The van der Waals surface area contributed by atoms with Crippen LogP contribution in [0.1, 0.15) is 13.8 Å². The maximum atomic E-state index is 5.72. The van der Waals surface area contributed by atoms with E-state index in [0.29, 0.717) is 25.2 Å². The minimum Gasteiger partial charge on any atom is -0.382 e. The molecule has 2 atom stereocenters. The summed E-state index contributed by atoms with van der Waals surface area (Å²) in [6, 6.07) is 0. The third-order valence-corrected chi connectivity index (χ3v) is 3.03. The highest BCUT2D eigenvalue weighted by molar-refractivity contribution is 9.09. The Labute approximate surface area is 111 Å². The summed E-state index contributed by atoms with van der Waals surface area (Å²) in [5, 5.41) is 0.685. The Balaban J connectivity index is 2.20. The zero-order chi connectivity index (χ0) is 12.7. The van der Waals surface area contributed by atoms with Crippen LogP contribution in [0.5, 0.6) is 0 Å². The van der Waals surface area contributed by atoms with Gasteiger partial charge in [0.2, 0.25) is 0 Å². The number of ether oxygens (including phenoxy) is 5. The molecule has 102 valence electrons. The monoisotopic (exact) mass is 312 g/mol. The van der Waals surface area contributed by atoms with Crippen molar-refractivity contribution in [3.63, 3.8) is 0 Å². The molecule has 0 spiro atoms. The van der Waals surface area contributed by atoms with Crippen molar-refractivity contribution in [1.82, 2.24) is 0 Å². The quantitative estimate of drug-likeness (QED) is 0.386. The van der Waals surface area contributed by atoms with E-state index in [4.69, 9.17) is 23.7 Å². The van der Waals surface area contributed by atoms with Crippen molar-refractivity contribution in [3.05, 3.63) is 0 Å². The molecule has 0 N–H and O–H groups in total. The van der Waals surface area contributed by atoms with E-state index in [1.165, 1.54) is 0 Å². The van der Waals surface area contributed by atoms with Gasteiger partial charge < -0.3 is 23.7 Å². The van der Waals surface area contributed by atoms with Gasteiger partial charge >= 0.3 is 0 Å². The van der Waals surface area contributed by atoms with Crippen LogP contribution in [0.25, 0.3) is 0 Å². The summed E-state index contributed by atoms with van der Waals surface area (Å²) in [5.74, 6) is -0.522. The van der Waals surface area contributed by atoms with Gasteiger partial charge in [-0.15, -0.1) is 0 Å². The van der Waals surface area contributed by atoms with Crippen molar-refractivity contribution in [3.8, 4) is 0 Å². The highest BCUT2D eigenvalue weighted by Gasteiger charge is 2.37. The first-order valence-corrected chi connectivity index (χ1v) is 6.77. The van der Waals surface area contributed by atoms with Crippen LogP contribution in [0.15, 0.2) is 0 Å². The standard InChI is InChI=1S/C11H21BrO5/c1-11(2)16-7-10(17-11)9(6-12)15-8-14-5-4-13-3/h9-10H,4-8H2,1-3H3. The van der Waals surface area contributed by atoms with Gasteiger partial charge in [0, 0.05) is 12.4 Å². The maximum Gasteiger partial charge on any atom is 0.163 e. The highest BCUT2D eigenvalue weighted by Crippen LogP contribution is 2.25. The maximum absolute atomic E-state index is 5.72. The molecule has 0 aromatic rings. The lowest BCUT2D eigenvalue weighted by Gasteiger charge is -2.22. The molecule has 0 amide bonds. The van der Waals surface area contributed by atoms with E-state index < -0.39 is 5.79 Å². The summed E-state index contributed by atoms with van der Waals surface area (Å²) in [6.07, 6.45) is -0.130.